The van der Waals surface area contributed by atoms with E-state index in [2.05, 4.69) is 43.5 Å². The summed E-state index contributed by atoms with van der Waals surface area (Å²) in [7, 11) is 0. The Hall–Kier alpha value is -1.09. The number of rotatable bonds is 4. The first kappa shape index (κ1) is 16.3. The van der Waals surface area contributed by atoms with E-state index in [1.54, 1.807) is 0 Å². The third-order valence-corrected chi connectivity index (χ3v) is 4.61. The first-order valence-electron chi connectivity index (χ1n) is 8.34. The van der Waals surface area contributed by atoms with E-state index in [4.69, 9.17) is 12.2 Å². The van der Waals surface area contributed by atoms with Crippen molar-refractivity contribution in [3.05, 3.63) is 28.8 Å². The standard InChI is InChI=1S/C18H28N2S/c1-4-14-11-13(3)12-15(5-2)17(14)20-18(21)19-16-9-7-6-8-10-16/h11-12,16H,4-10H2,1-3H3,(H2,19,20,21). The van der Waals surface area contributed by atoms with Crippen molar-refractivity contribution in [3.8, 4) is 0 Å². The molecule has 0 unspecified atom stereocenters. The van der Waals surface area contributed by atoms with Gasteiger partial charge < -0.3 is 10.6 Å². The first-order valence-corrected chi connectivity index (χ1v) is 8.74. The van der Waals surface area contributed by atoms with E-state index < -0.39 is 0 Å². The molecule has 0 aliphatic heterocycles. The Morgan fingerprint density at radius 2 is 1.67 bits per heavy atom. The van der Waals surface area contributed by atoms with E-state index in [1.165, 1.54) is 54.5 Å². The maximum absolute atomic E-state index is 5.54. The van der Waals surface area contributed by atoms with Crippen LogP contribution in [0.5, 0.6) is 0 Å². The van der Waals surface area contributed by atoms with Crippen LogP contribution in [0.4, 0.5) is 5.69 Å². The van der Waals surface area contributed by atoms with Gasteiger partial charge in [-0.25, -0.2) is 0 Å². The quantitative estimate of drug-likeness (QED) is 0.786. The summed E-state index contributed by atoms with van der Waals surface area (Å²) in [6, 6.07) is 5.09. The van der Waals surface area contributed by atoms with Gasteiger partial charge in [-0.2, -0.15) is 0 Å². The number of hydrogen-bond donors (Lipinski definition) is 2. The van der Waals surface area contributed by atoms with Crippen LogP contribution in [-0.4, -0.2) is 11.2 Å². The molecule has 116 valence electrons. The second-order valence-electron chi connectivity index (χ2n) is 6.10. The van der Waals surface area contributed by atoms with Crippen LogP contribution in [0.2, 0.25) is 0 Å². The molecular formula is C18H28N2S. The molecule has 1 aromatic carbocycles. The summed E-state index contributed by atoms with van der Waals surface area (Å²) in [5, 5.41) is 7.77. The topological polar surface area (TPSA) is 24.1 Å². The van der Waals surface area contributed by atoms with Gasteiger partial charge in [-0.1, -0.05) is 50.8 Å². The molecule has 1 aliphatic rings. The molecule has 1 fully saturated rings. The second kappa shape index (κ2) is 7.79. The van der Waals surface area contributed by atoms with Gasteiger partial charge in [0.2, 0.25) is 0 Å². The maximum Gasteiger partial charge on any atom is 0.171 e. The van der Waals surface area contributed by atoms with Crippen LogP contribution in [0.3, 0.4) is 0 Å². The van der Waals surface area contributed by atoms with Crippen molar-refractivity contribution in [3.63, 3.8) is 0 Å². The average molecular weight is 305 g/mol. The lowest BCUT2D eigenvalue weighted by Gasteiger charge is -2.25. The van der Waals surface area contributed by atoms with Crippen LogP contribution in [0.1, 0.15) is 62.6 Å². The molecule has 1 aliphatic carbocycles. The second-order valence-corrected chi connectivity index (χ2v) is 6.51. The molecule has 2 N–H and O–H groups in total. The molecule has 3 heteroatoms. The minimum absolute atomic E-state index is 0.555. The van der Waals surface area contributed by atoms with Gasteiger partial charge in [0.1, 0.15) is 0 Å². The van der Waals surface area contributed by atoms with Crippen LogP contribution in [0.15, 0.2) is 12.1 Å². The highest BCUT2D eigenvalue weighted by Crippen LogP contribution is 2.25. The Morgan fingerprint density at radius 3 is 2.19 bits per heavy atom. The van der Waals surface area contributed by atoms with Crippen molar-refractivity contribution in [2.24, 2.45) is 0 Å². The van der Waals surface area contributed by atoms with Gasteiger partial charge >= 0.3 is 0 Å². The van der Waals surface area contributed by atoms with E-state index in [9.17, 15) is 0 Å². The number of benzene rings is 1. The summed E-state index contributed by atoms with van der Waals surface area (Å²) in [5.74, 6) is 0. The molecule has 0 spiro atoms. The molecule has 1 aromatic rings. The third kappa shape index (κ3) is 4.44. The highest BCUT2D eigenvalue weighted by Gasteiger charge is 2.15. The fraction of sp³-hybridized carbons (Fsp3) is 0.611. The smallest absolute Gasteiger partial charge is 0.171 e. The third-order valence-electron chi connectivity index (χ3n) is 4.39. The molecule has 2 rings (SSSR count). The van der Waals surface area contributed by atoms with Gasteiger partial charge in [0, 0.05) is 11.7 Å². The predicted molar refractivity (Wildman–Crippen MR) is 96.2 cm³/mol. The number of thiocarbonyl (C=S) groups is 1. The molecule has 1 saturated carbocycles. The molecule has 0 heterocycles. The van der Waals surface area contributed by atoms with E-state index in [0.29, 0.717) is 6.04 Å². The van der Waals surface area contributed by atoms with Crippen LogP contribution in [0, 0.1) is 6.92 Å². The number of nitrogens with one attached hydrogen (secondary N) is 2. The lowest BCUT2D eigenvalue weighted by atomic mass is 9.96. The fourth-order valence-corrected chi connectivity index (χ4v) is 3.51. The predicted octanol–water partition coefficient (Wildman–Crippen LogP) is 4.74. The van der Waals surface area contributed by atoms with Crippen molar-refractivity contribution < 1.29 is 0 Å². The molecule has 2 nitrogen and oxygen atoms in total. The Bertz CT molecular complexity index is 465. The van der Waals surface area contributed by atoms with E-state index in [1.807, 2.05) is 0 Å². The minimum Gasteiger partial charge on any atom is -0.360 e. The summed E-state index contributed by atoms with van der Waals surface area (Å²) < 4.78 is 0. The van der Waals surface area contributed by atoms with Crippen molar-refractivity contribution in [1.82, 2.24) is 5.32 Å². The molecule has 0 radical (unpaired) electrons. The molecule has 0 bridgehead atoms. The molecule has 21 heavy (non-hydrogen) atoms. The van der Waals surface area contributed by atoms with Gasteiger partial charge in [-0.15, -0.1) is 0 Å². The SMILES string of the molecule is CCc1cc(C)cc(CC)c1NC(=S)NC1CCCCC1. The normalized spacial score (nSPS) is 15.8. The Kier molecular flexibility index (Phi) is 6.04. The zero-order valence-electron chi connectivity index (χ0n) is 13.6. The fourth-order valence-electron chi connectivity index (χ4n) is 3.24. The van der Waals surface area contributed by atoms with Crippen molar-refractivity contribution in [1.29, 1.82) is 0 Å². The molecule has 0 atom stereocenters. The Morgan fingerprint density at radius 1 is 1.10 bits per heavy atom. The average Bonchev–Trinajstić information content (AvgIpc) is 2.49. The maximum atomic E-state index is 5.54. The largest absolute Gasteiger partial charge is 0.360 e. The summed E-state index contributed by atoms with van der Waals surface area (Å²) in [6.45, 7) is 6.58. The molecule has 0 aromatic heterocycles. The number of anilines is 1. The van der Waals surface area contributed by atoms with Gasteiger partial charge in [0.15, 0.2) is 5.11 Å². The van der Waals surface area contributed by atoms with Gasteiger partial charge in [0.05, 0.1) is 0 Å². The minimum atomic E-state index is 0.555. The van der Waals surface area contributed by atoms with E-state index in [-0.39, 0.29) is 0 Å². The highest BCUT2D eigenvalue weighted by atomic mass is 32.1. The Balaban J connectivity index is 2.08. The molecule has 0 saturated heterocycles. The Labute approximate surface area is 134 Å². The van der Waals surface area contributed by atoms with Crippen LogP contribution in [-0.2, 0) is 12.8 Å². The summed E-state index contributed by atoms with van der Waals surface area (Å²) in [4.78, 5) is 0. The van der Waals surface area contributed by atoms with Gasteiger partial charge in [-0.05, 0) is 56.0 Å². The van der Waals surface area contributed by atoms with Crippen molar-refractivity contribution >= 4 is 23.0 Å². The van der Waals surface area contributed by atoms with Crippen molar-refractivity contribution in [2.45, 2.75) is 71.8 Å². The number of aryl methyl sites for hydroxylation is 3. The lowest BCUT2D eigenvalue weighted by molar-refractivity contribution is 0.415. The zero-order valence-corrected chi connectivity index (χ0v) is 14.4. The van der Waals surface area contributed by atoms with Gasteiger partial charge in [0.25, 0.3) is 0 Å². The summed E-state index contributed by atoms with van der Waals surface area (Å²) >= 11 is 5.54. The van der Waals surface area contributed by atoms with Crippen LogP contribution in [0.25, 0.3) is 0 Å². The molecular weight excluding hydrogens is 276 g/mol. The van der Waals surface area contributed by atoms with Gasteiger partial charge in [-0.3, -0.25) is 0 Å². The first-order chi connectivity index (χ1) is 10.1. The van der Waals surface area contributed by atoms with Crippen molar-refractivity contribution in [2.75, 3.05) is 5.32 Å². The van der Waals surface area contributed by atoms with Crippen LogP contribution < -0.4 is 10.6 Å². The summed E-state index contributed by atoms with van der Waals surface area (Å²) in [6.07, 6.45) is 8.58. The van der Waals surface area contributed by atoms with E-state index in [0.717, 1.165) is 18.0 Å². The number of hydrogen-bond acceptors (Lipinski definition) is 1. The highest BCUT2D eigenvalue weighted by molar-refractivity contribution is 7.80. The molecule has 0 amide bonds. The zero-order chi connectivity index (χ0) is 15.2. The van der Waals surface area contributed by atoms with Crippen LogP contribution >= 0.6 is 12.2 Å². The monoisotopic (exact) mass is 304 g/mol. The summed E-state index contributed by atoms with van der Waals surface area (Å²) in [5.41, 5.74) is 5.28. The lowest BCUT2D eigenvalue weighted by Crippen LogP contribution is -2.39. The van der Waals surface area contributed by atoms with E-state index >= 15 is 0 Å².